The molecule has 11 heteroatoms. The minimum atomic E-state index is -4.63. The van der Waals surface area contributed by atoms with Gasteiger partial charge in [-0.25, -0.2) is 13.1 Å². The van der Waals surface area contributed by atoms with Crippen LogP contribution in [-0.2, 0) is 16.6 Å². The Kier molecular flexibility index (Phi) is 9.45. The number of fused-ring (bicyclic) bond motifs is 1. The third kappa shape index (κ3) is 7.89. The molecule has 0 saturated carbocycles. The Morgan fingerprint density at radius 2 is 1.59 bits per heavy atom. The highest BCUT2D eigenvalue weighted by Crippen LogP contribution is 2.33. The maximum Gasteiger partial charge on any atom is 0.390 e. The summed E-state index contributed by atoms with van der Waals surface area (Å²) in [6, 6.07) is 27.4. The van der Waals surface area contributed by atoms with Crippen molar-refractivity contribution in [2.24, 2.45) is 0 Å². The standard InChI is InChI=1S/C33H34F3N3O4S/c1-2-43-28-7-5-6-25(22-28)30-15-12-26(29-8-3-4-9-31(29)30)23-38-17-19-39(20-18-38)27-13-10-24(11-14-27)32(40)37-44(41,42)21-16-33(34,35)36/h3-15,22H,2,16-21,23H2,1H3,(H,37,40). The van der Waals surface area contributed by atoms with Crippen LogP contribution in [0.5, 0.6) is 5.75 Å². The van der Waals surface area contributed by atoms with Crippen molar-refractivity contribution in [3.63, 3.8) is 0 Å². The van der Waals surface area contributed by atoms with Gasteiger partial charge >= 0.3 is 6.18 Å². The van der Waals surface area contributed by atoms with Gasteiger partial charge in [0, 0.05) is 44.0 Å². The maximum atomic E-state index is 12.4. The van der Waals surface area contributed by atoms with E-state index in [1.165, 1.54) is 28.5 Å². The Labute approximate surface area is 255 Å². The molecule has 4 aromatic rings. The number of rotatable bonds is 10. The van der Waals surface area contributed by atoms with Gasteiger partial charge in [-0.05, 0) is 70.8 Å². The number of alkyl halides is 3. The normalized spacial score (nSPS) is 14.5. The zero-order valence-electron chi connectivity index (χ0n) is 24.3. The summed E-state index contributed by atoms with van der Waals surface area (Å²) in [5.41, 5.74) is 4.46. The van der Waals surface area contributed by atoms with Gasteiger partial charge in [-0.2, -0.15) is 13.2 Å². The largest absolute Gasteiger partial charge is 0.494 e. The van der Waals surface area contributed by atoms with Gasteiger partial charge in [0.05, 0.1) is 18.8 Å². The van der Waals surface area contributed by atoms with E-state index in [9.17, 15) is 26.4 Å². The molecule has 0 aromatic heterocycles. The molecule has 1 saturated heterocycles. The Balaban J connectivity index is 1.20. The highest BCUT2D eigenvalue weighted by molar-refractivity contribution is 7.90. The number of anilines is 1. The van der Waals surface area contributed by atoms with Crippen molar-refractivity contribution in [2.75, 3.05) is 43.4 Å². The summed E-state index contributed by atoms with van der Waals surface area (Å²) in [4.78, 5) is 16.9. The lowest BCUT2D eigenvalue weighted by Crippen LogP contribution is -2.46. The molecule has 0 radical (unpaired) electrons. The number of sulfonamides is 1. The topological polar surface area (TPSA) is 79.0 Å². The van der Waals surface area contributed by atoms with E-state index in [1.807, 2.05) is 19.1 Å². The van der Waals surface area contributed by atoms with Crippen LogP contribution in [0.25, 0.3) is 21.9 Å². The summed E-state index contributed by atoms with van der Waals surface area (Å²) in [5, 5.41) is 2.40. The van der Waals surface area contributed by atoms with Gasteiger partial charge in [-0.15, -0.1) is 0 Å². The SMILES string of the molecule is CCOc1cccc(-c2ccc(CN3CCN(c4ccc(C(=O)NS(=O)(=O)CCC(F)(F)F)cc4)CC3)c3ccccc23)c1. The fraction of sp³-hybridized carbons (Fsp3) is 0.303. The zero-order chi connectivity index (χ0) is 31.3. The van der Waals surface area contributed by atoms with Crippen LogP contribution >= 0.6 is 0 Å². The first-order valence-electron chi connectivity index (χ1n) is 14.4. The van der Waals surface area contributed by atoms with Gasteiger partial charge in [0.1, 0.15) is 5.75 Å². The van der Waals surface area contributed by atoms with E-state index < -0.39 is 34.3 Å². The van der Waals surface area contributed by atoms with E-state index in [2.05, 4.69) is 58.3 Å². The molecule has 1 amide bonds. The van der Waals surface area contributed by atoms with Crippen LogP contribution in [0.2, 0.25) is 0 Å². The fourth-order valence-corrected chi connectivity index (χ4v) is 6.40. The molecule has 0 unspecified atom stereocenters. The quantitative estimate of drug-likeness (QED) is 0.225. The second kappa shape index (κ2) is 13.3. The van der Waals surface area contributed by atoms with Crippen molar-refractivity contribution in [3.05, 3.63) is 96.1 Å². The zero-order valence-corrected chi connectivity index (χ0v) is 25.1. The number of benzene rings is 4. The molecule has 44 heavy (non-hydrogen) atoms. The highest BCUT2D eigenvalue weighted by Gasteiger charge is 2.30. The second-order valence-electron chi connectivity index (χ2n) is 10.7. The van der Waals surface area contributed by atoms with Crippen LogP contribution in [0.15, 0.2) is 84.9 Å². The molecule has 1 fully saturated rings. The van der Waals surface area contributed by atoms with Crippen molar-refractivity contribution in [1.82, 2.24) is 9.62 Å². The molecule has 0 atom stereocenters. The molecular formula is C33H34F3N3O4S. The number of carbonyl (C=O) groups is 1. The first-order chi connectivity index (χ1) is 21.0. The fourth-order valence-electron chi connectivity index (χ4n) is 5.40. The van der Waals surface area contributed by atoms with Crippen molar-refractivity contribution >= 4 is 32.4 Å². The summed E-state index contributed by atoms with van der Waals surface area (Å²) < 4.78 is 68.3. The van der Waals surface area contributed by atoms with Gasteiger partial charge in [-0.3, -0.25) is 9.69 Å². The predicted molar refractivity (Wildman–Crippen MR) is 166 cm³/mol. The van der Waals surface area contributed by atoms with Crippen LogP contribution in [0, 0.1) is 0 Å². The van der Waals surface area contributed by atoms with Gasteiger partial charge in [0.15, 0.2) is 0 Å². The summed E-state index contributed by atoms with van der Waals surface area (Å²) in [5.74, 6) is -1.31. The smallest absolute Gasteiger partial charge is 0.390 e. The maximum absolute atomic E-state index is 12.4. The van der Waals surface area contributed by atoms with E-state index in [1.54, 1.807) is 16.9 Å². The van der Waals surface area contributed by atoms with E-state index in [0.29, 0.717) is 6.61 Å². The van der Waals surface area contributed by atoms with Gasteiger partial charge < -0.3 is 9.64 Å². The van der Waals surface area contributed by atoms with E-state index >= 15 is 0 Å². The number of ether oxygens (including phenoxy) is 1. The Hall–Kier alpha value is -4.09. The molecule has 7 nitrogen and oxygen atoms in total. The van der Waals surface area contributed by atoms with E-state index in [-0.39, 0.29) is 5.56 Å². The van der Waals surface area contributed by atoms with Crippen LogP contribution in [0.1, 0.15) is 29.3 Å². The molecule has 232 valence electrons. The van der Waals surface area contributed by atoms with E-state index in [0.717, 1.165) is 55.3 Å². The average Bonchev–Trinajstić information content (AvgIpc) is 3.01. The summed E-state index contributed by atoms with van der Waals surface area (Å²) in [6.45, 7) is 6.56. The molecule has 1 heterocycles. The highest BCUT2D eigenvalue weighted by atomic mass is 32.2. The Morgan fingerprint density at radius 3 is 2.27 bits per heavy atom. The minimum Gasteiger partial charge on any atom is -0.494 e. The third-order valence-electron chi connectivity index (χ3n) is 7.63. The minimum absolute atomic E-state index is 0.0583. The van der Waals surface area contributed by atoms with Gasteiger partial charge in [0.25, 0.3) is 5.91 Å². The lowest BCUT2D eigenvalue weighted by atomic mass is 9.94. The van der Waals surface area contributed by atoms with Crippen molar-refractivity contribution in [1.29, 1.82) is 0 Å². The molecule has 5 rings (SSSR count). The van der Waals surface area contributed by atoms with Crippen LogP contribution in [0.3, 0.4) is 0 Å². The number of halogens is 3. The molecular weight excluding hydrogens is 591 g/mol. The molecule has 1 aliphatic heterocycles. The number of nitrogens with one attached hydrogen (secondary N) is 1. The number of hydrogen-bond acceptors (Lipinski definition) is 6. The van der Waals surface area contributed by atoms with Crippen LogP contribution in [0.4, 0.5) is 18.9 Å². The predicted octanol–water partition coefficient (Wildman–Crippen LogP) is 6.24. The molecule has 1 N–H and O–H groups in total. The summed E-state index contributed by atoms with van der Waals surface area (Å²) in [7, 11) is -4.40. The molecule has 1 aliphatic rings. The van der Waals surface area contributed by atoms with Crippen molar-refractivity contribution in [2.45, 2.75) is 26.1 Å². The van der Waals surface area contributed by atoms with Crippen LogP contribution in [-0.4, -0.2) is 63.9 Å². The number of nitrogens with zero attached hydrogens (tertiary/aromatic N) is 2. The van der Waals surface area contributed by atoms with E-state index in [4.69, 9.17) is 4.74 Å². The lowest BCUT2D eigenvalue weighted by molar-refractivity contribution is -0.130. The van der Waals surface area contributed by atoms with Crippen molar-refractivity contribution < 1.29 is 31.1 Å². The number of piperazine rings is 1. The van der Waals surface area contributed by atoms with Crippen molar-refractivity contribution in [3.8, 4) is 16.9 Å². The number of carbonyl (C=O) groups excluding carboxylic acids is 1. The van der Waals surface area contributed by atoms with Gasteiger partial charge in [-0.1, -0.05) is 48.5 Å². The Morgan fingerprint density at radius 1 is 0.886 bits per heavy atom. The number of hydrogen-bond donors (Lipinski definition) is 1. The average molecular weight is 626 g/mol. The first-order valence-corrected chi connectivity index (χ1v) is 16.1. The third-order valence-corrected chi connectivity index (χ3v) is 8.87. The number of amides is 1. The molecule has 4 aromatic carbocycles. The first kappa shape index (κ1) is 31.3. The monoisotopic (exact) mass is 625 g/mol. The second-order valence-corrected chi connectivity index (χ2v) is 12.5. The lowest BCUT2D eigenvalue weighted by Gasteiger charge is -2.36. The summed E-state index contributed by atoms with van der Waals surface area (Å²) in [6.07, 6.45) is -6.15. The van der Waals surface area contributed by atoms with Gasteiger partial charge in [0.2, 0.25) is 10.0 Å². The van der Waals surface area contributed by atoms with Crippen LogP contribution < -0.4 is 14.4 Å². The molecule has 0 bridgehead atoms. The molecule has 0 aliphatic carbocycles. The molecule has 0 spiro atoms. The Bertz CT molecular complexity index is 1720. The summed E-state index contributed by atoms with van der Waals surface area (Å²) >= 11 is 0.